The Morgan fingerprint density at radius 2 is 2.22 bits per heavy atom. The van der Waals surface area contributed by atoms with Gasteiger partial charge in [-0.15, -0.1) is 0 Å². The lowest BCUT2D eigenvalue weighted by atomic mass is 10.5. The number of nitrogens with one attached hydrogen (secondary N) is 2. The van der Waals surface area contributed by atoms with Crippen molar-refractivity contribution in [3.05, 3.63) is 12.3 Å². The minimum Gasteiger partial charge on any atom is -0.390 e. The van der Waals surface area contributed by atoms with E-state index in [9.17, 15) is 4.79 Å². The Hall–Kier alpha value is -0.990. The summed E-state index contributed by atoms with van der Waals surface area (Å²) >= 11 is 0. The summed E-state index contributed by atoms with van der Waals surface area (Å²) in [4.78, 5) is 10.3. The maximum atomic E-state index is 10.3. The van der Waals surface area contributed by atoms with Crippen LogP contribution in [-0.4, -0.2) is 19.5 Å². The van der Waals surface area contributed by atoms with Gasteiger partial charge in [-0.05, 0) is 0 Å². The summed E-state index contributed by atoms with van der Waals surface area (Å²) in [6, 6.07) is 0. The third kappa shape index (κ3) is 4.87. The first-order valence-electron chi connectivity index (χ1n) is 2.76. The van der Waals surface area contributed by atoms with Crippen LogP contribution in [0.15, 0.2) is 12.3 Å². The molecule has 0 heterocycles. The molecule has 0 aliphatic carbocycles. The van der Waals surface area contributed by atoms with E-state index in [0.29, 0.717) is 6.54 Å². The highest BCUT2D eigenvalue weighted by atomic mass is 16.1. The van der Waals surface area contributed by atoms with Gasteiger partial charge >= 0.3 is 0 Å². The SMILES string of the molecule is C=C(CNC(C)=O)NC. The highest BCUT2D eigenvalue weighted by Crippen LogP contribution is 1.75. The average Bonchev–Trinajstić information content (AvgIpc) is 1.83. The Morgan fingerprint density at radius 1 is 1.67 bits per heavy atom. The van der Waals surface area contributed by atoms with Crippen molar-refractivity contribution in [1.29, 1.82) is 0 Å². The van der Waals surface area contributed by atoms with Crippen molar-refractivity contribution in [3.8, 4) is 0 Å². The number of rotatable bonds is 3. The predicted octanol–water partition coefficient (Wildman–Crippen LogP) is -0.144. The highest BCUT2D eigenvalue weighted by molar-refractivity contribution is 5.73. The van der Waals surface area contributed by atoms with Gasteiger partial charge in [0.05, 0.1) is 6.54 Å². The predicted molar refractivity (Wildman–Crippen MR) is 36.9 cm³/mol. The van der Waals surface area contributed by atoms with E-state index >= 15 is 0 Å². The molecule has 0 saturated heterocycles. The molecule has 0 fully saturated rings. The molecule has 3 heteroatoms. The number of carbonyl (C=O) groups is 1. The zero-order chi connectivity index (χ0) is 7.28. The minimum atomic E-state index is -0.0357. The van der Waals surface area contributed by atoms with Gasteiger partial charge in [-0.25, -0.2) is 0 Å². The van der Waals surface area contributed by atoms with Crippen molar-refractivity contribution in [3.63, 3.8) is 0 Å². The van der Waals surface area contributed by atoms with E-state index in [1.165, 1.54) is 6.92 Å². The van der Waals surface area contributed by atoms with Crippen molar-refractivity contribution in [2.45, 2.75) is 6.92 Å². The van der Waals surface area contributed by atoms with Crippen LogP contribution in [0.5, 0.6) is 0 Å². The van der Waals surface area contributed by atoms with E-state index in [-0.39, 0.29) is 5.91 Å². The average molecular weight is 128 g/mol. The molecule has 0 atom stereocenters. The lowest BCUT2D eigenvalue weighted by molar-refractivity contribution is -0.118. The second-order valence-electron chi connectivity index (χ2n) is 1.76. The highest BCUT2D eigenvalue weighted by Gasteiger charge is 1.90. The van der Waals surface area contributed by atoms with E-state index in [1.807, 2.05) is 0 Å². The first kappa shape index (κ1) is 8.01. The fraction of sp³-hybridized carbons (Fsp3) is 0.500. The largest absolute Gasteiger partial charge is 0.390 e. The van der Waals surface area contributed by atoms with Crippen LogP contribution in [0.2, 0.25) is 0 Å². The molecule has 0 bridgehead atoms. The Labute approximate surface area is 55.1 Å². The lowest BCUT2D eigenvalue weighted by Gasteiger charge is -2.03. The molecular formula is C6H12N2O. The first-order chi connectivity index (χ1) is 4.16. The van der Waals surface area contributed by atoms with Crippen molar-refractivity contribution in [2.75, 3.05) is 13.6 Å². The summed E-state index contributed by atoms with van der Waals surface area (Å²) in [5.41, 5.74) is 0.810. The van der Waals surface area contributed by atoms with Gasteiger partial charge in [-0.1, -0.05) is 6.58 Å². The Morgan fingerprint density at radius 3 is 2.56 bits per heavy atom. The van der Waals surface area contributed by atoms with Gasteiger partial charge in [0.2, 0.25) is 5.91 Å². The number of likely N-dealkylation sites (N-methyl/N-ethyl adjacent to an activating group) is 1. The molecule has 0 aromatic carbocycles. The molecule has 0 aromatic heterocycles. The van der Waals surface area contributed by atoms with Gasteiger partial charge < -0.3 is 10.6 Å². The lowest BCUT2D eigenvalue weighted by Crippen LogP contribution is -2.26. The molecule has 0 aromatic rings. The molecule has 0 spiro atoms. The van der Waals surface area contributed by atoms with Gasteiger partial charge in [-0.2, -0.15) is 0 Å². The van der Waals surface area contributed by atoms with Crippen molar-refractivity contribution in [2.24, 2.45) is 0 Å². The van der Waals surface area contributed by atoms with Gasteiger partial charge in [0.25, 0.3) is 0 Å². The maximum Gasteiger partial charge on any atom is 0.217 e. The molecule has 2 N–H and O–H groups in total. The summed E-state index contributed by atoms with van der Waals surface area (Å²) < 4.78 is 0. The van der Waals surface area contributed by atoms with E-state index < -0.39 is 0 Å². The van der Waals surface area contributed by atoms with Crippen LogP contribution < -0.4 is 10.6 Å². The smallest absolute Gasteiger partial charge is 0.217 e. The quantitative estimate of drug-likeness (QED) is 0.555. The van der Waals surface area contributed by atoms with Gasteiger partial charge in [-0.3, -0.25) is 4.79 Å². The Balaban J connectivity index is 3.28. The molecule has 52 valence electrons. The van der Waals surface area contributed by atoms with Crippen LogP contribution in [0.25, 0.3) is 0 Å². The zero-order valence-electron chi connectivity index (χ0n) is 5.82. The van der Waals surface area contributed by atoms with E-state index in [2.05, 4.69) is 17.2 Å². The number of hydrogen-bond donors (Lipinski definition) is 2. The first-order valence-corrected chi connectivity index (χ1v) is 2.76. The molecule has 1 amide bonds. The van der Waals surface area contributed by atoms with Crippen LogP contribution in [0, 0.1) is 0 Å². The molecule has 0 radical (unpaired) electrons. The van der Waals surface area contributed by atoms with E-state index in [1.54, 1.807) is 7.05 Å². The van der Waals surface area contributed by atoms with Crippen molar-refractivity contribution < 1.29 is 4.79 Å². The van der Waals surface area contributed by atoms with Crippen LogP contribution in [-0.2, 0) is 4.79 Å². The molecular weight excluding hydrogens is 116 g/mol. The van der Waals surface area contributed by atoms with E-state index in [0.717, 1.165) is 5.70 Å². The van der Waals surface area contributed by atoms with Gasteiger partial charge in [0.1, 0.15) is 0 Å². The minimum absolute atomic E-state index is 0.0357. The Kier molecular flexibility index (Phi) is 3.51. The normalized spacial score (nSPS) is 8.22. The summed E-state index contributed by atoms with van der Waals surface area (Å²) in [6.07, 6.45) is 0. The monoisotopic (exact) mass is 128 g/mol. The second-order valence-corrected chi connectivity index (χ2v) is 1.76. The standard InChI is InChI=1S/C6H12N2O/c1-5(7-3)4-8-6(2)9/h7H,1,4H2,2-3H3,(H,8,9). The molecule has 0 aliphatic heterocycles. The van der Waals surface area contributed by atoms with Crippen molar-refractivity contribution >= 4 is 5.91 Å². The fourth-order valence-corrected chi connectivity index (χ4v) is 0.320. The van der Waals surface area contributed by atoms with Gasteiger partial charge in [0, 0.05) is 19.7 Å². The van der Waals surface area contributed by atoms with Crippen LogP contribution >= 0.6 is 0 Å². The number of hydrogen-bond acceptors (Lipinski definition) is 2. The Bertz CT molecular complexity index is 120. The maximum absolute atomic E-state index is 10.3. The third-order valence-corrected chi connectivity index (χ3v) is 0.904. The second kappa shape index (κ2) is 3.95. The van der Waals surface area contributed by atoms with Crippen molar-refractivity contribution in [1.82, 2.24) is 10.6 Å². The molecule has 9 heavy (non-hydrogen) atoms. The summed E-state index contributed by atoms with van der Waals surface area (Å²) in [6.45, 7) is 5.60. The molecule has 0 saturated carbocycles. The molecule has 0 unspecified atom stereocenters. The topological polar surface area (TPSA) is 41.1 Å². The summed E-state index contributed by atoms with van der Waals surface area (Å²) in [5, 5.41) is 5.41. The third-order valence-electron chi connectivity index (χ3n) is 0.904. The zero-order valence-corrected chi connectivity index (χ0v) is 5.82. The summed E-state index contributed by atoms with van der Waals surface area (Å²) in [5.74, 6) is -0.0357. The van der Waals surface area contributed by atoms with Gasteiger partial charge in [0.15, 0.2) is 0 Å². The fourth-order valence-electron chi connectivity index (χ4n) is 0.320. The van der Waals surface area contributed by atoms with Crippen LogP contribution in [0.3, 0.4) is 0 Å². The van der Waals surface area contributed by atoms with E-state index in [4.69, 9.17) is 0 Å². The van der Waals surface area contributed by atoms with Crippen LogP contribution in [0.4, 0.5) is 0 Å². The molecule has 3 nitrogen and oxygen atoms in total. The molecule has 0 aliphatic rings. The molecule has 0 rings (SSSR count). The number of amides is 1. The summed E-state index contributed by atoms with van der Waals surface area (Å²) in [7, 11) is 1.77. The van der Waals surface area contributed by atoms with Crippen LogP contribution in [0.1, 0.15) is 6.92 Å². The number of carbonyl (C=O) groups excluding carboxylic acids is 1.